The monoisotopic (exact) mass is 237 g/mol. The van der Waals surface area contributed by atoms with Crippen LogP contribution in [0.25, 0.3) is 0 Å². The van der Waals surface area contributed by atoms with Crippen molar-refractivity contribution < 1.29 is 9.53 Å². The number of methoxy groups -OCH3 is 1. The average Bonchev–Trinajstić information content (AvgIpc) is 2.39. The molecule has 0 bridgehead atoms. The molecule has 1 saturated heterocycles. The zero-order valence-electron chi connectivity index (χ0n) is 9.31. The SMILES string of the molecule is COc1cccnc1C(=O)C1CCCCS1. The Morgan fingerprint density at radius 1 is 1.56 bits per heavy atom. The smallest absolute Gasteiger partial charge is 0.197 e. The van der Waals surface area contributed by atoms with Gasteiger partial charge in [0.05, 0.1) is 12.4 Å². The Kier molecular flexibility index (Phi) is 3.83. The highest BCUT2D eigenvalue weighted by atomic mass is 32.2. The lowest BCUT2D eigenvalue weighted by atomic mass is 10.1. The number of nitrogens with zero attached hydrogens (tertiary/aromatic N) is 1. The van der Waals surface area contributed by atoms with Gasteiger partial charge < -0.3 is 4.74 Å². The Morgan fingerprint density at radius 3 is 3.12 bits per heavy atom. The number of ether oxygens (including phenoxy) is 1. The van der Waals surface area contributed by atoms with Crippen LogP contribution in [0.4, 0.5) is 0 Å². The van der Waals surface area contributed by atoms with E-state index in [2.05, 4.69) is 4.98 Å². The molecule has 0 saturated carbocycles. The third-order valence-corrected chi connectivity index (χ3v) is 4.07. The molecule has 16 heavy (non-hydrogen) atoms. The molecule has 86 valence electrons. The van der Waals surface area contributed by atoms with Crippen LogP contribution in [0.1, 0.15) is 29.8 Å². The summed E-state index contributed by atoms with van der Waals surface area (Å²) in [5, 5.41) is 0.0672. The second kappa shape index (κ2) is 5.34. The minimum absolute atomic E-state index is 0.0672. The molecule has 3 nitrogen and oxygen atoms in total. The van der Waals surface area contributed by atoms with Gasteiger partial charge in [-0.1, -0.05) is 6.42 Å². The topological polar surface area (TPSA) is 39.2 Å². The average molecular weight is 237 g/mol. The van der Waals surface area contributed by atoms with Gasteiger partial charge in [0.1, 0.15) is 11.4 Å². The summed E-state index contributed by atoms with van der Waals surface area (Å²) in [4.78, 5) is 16.4. The summed E-state index contributed by atoms with van der Waals surface area (Å²) in [6.07, 6.45) is 4.96. The number of pyridine rings is 1. The third-order valence-electron chi connectivity index (χ3n) is 2.70. The van der Waals surface area contributed by atoms with E-state index >= 15 is 0 Å². The molecular weight excluding hydrogens is 222 g/mol. The molecule has 2 rings (SSSR count). The summed E-state index contributed by atoms with van der Waals surface area (Å²) in [7, 11) is 1.57. The number of aromatic nitrogens is 1. The van der Waals surface area contributed by atoms with Crippen LogP contribution in [0.15, 0.2) is 18.3 Å². The summed E-state index contributed by atoms with van der Waals surface area (Å²) in [5.74, 6) is 1.77. The number of carbonyl (C=O) groups excluding carboxylic acids is 1. The predicted molar refractivity (Wildman–Crippen MR) is 65.2 cm³/mol. The fourth-order valence-electron chi connectivity index (χ4n) is 1.84. The number of hydrogen-bond donors (Lipinski definition) is 0. The maximum atomic E-state index is 12.2. The first-order valence-corrected chi connectivity index (χ1v) is 6.52. The minimum atomic E-state index is 0.0672. The normalized spacial score (nSPS) is 20.4. The van der Waals surface area contributed by atoms with Crippen LogP contribution in [0, 0.1) is 0 Å². The molecule has 0 spiro atoms. The van der Waals surface area contributed by atoms with Crippen molar-refractivity contribution in [1.82, 2.24) is 4.98 Å². The van der Waals surface area contributed by atoms with E-state index in [4.69, 9.17) is 4.74 Å². The molecule has 1 aliphatic heterocycles. The van der Waals surface area contributed by atoms with Crippen molar-refractivity contribution in [3.8, 4) is 5.75 Å². The van der Waals surface area contributed by atoms with Gasteiger partial charge in [-0.25, -0.2) is 4.98 Å². The van der Waals surface area contributed by atoms with Crippen molar-refractivity contribution in [1.29, 1.82) is 0 Å². The summed E-state index contributed by atoms with van der Waals surface area (Å²) in [6, 6.07) is 3.57. The van der Waals surface area contributed by atoms with Crippen LogP contribution < -0.4 is 4.74 Å². The number of rotatable bonds is 3. The Labute approximate surface area is 99.6 Å². The van der Waals surface area contributed by atoms with E-state index in [1.807, 2.05) is 0 Å². The highest BCUT2D eigenvalue weighted by Crippen LogP contribution is 2.29. The van der Waals surface area contributed by atoms with E-state index in [-0.39, 0.29) is 11.0 Å². The van der Waals surface area contributed by atoms with E-state index in [1.165, 1.54) is 6.42 Å². The van der Waals surface area contributed by atoms with Crippen LogP contribution in [-0.2, 0) is 0 Å². The molecule has 2 heterocycles. The van der Waals surface area contributed by atoms with Crippen molar-refractivity contribution in [3.05, 3.63) is 24.0 Å². The molecule has 1 aliphatic rings. The Balaban J connectivity index is 2.19. The minimum Gasteiger partial charge on any atom is -0.494 e. The van der Waals surface area contributed by atoms with Gasteiger partial charge in [-0.3, -0.25) is 4.79 Å². The number of thioether (sulfide) groups is 1. The van der Waals surface area contributed by atoms with Crippen LogP contribution in [-0.4, -0.2) is 28.9 Å². The molecule has 0 aliphatic carbocycles. The van der Waals surface area contributed by atoms with Crippen LogP contribution in [0.2, 0.25) is 0 Å². The summed E-state index contributed by atoms with van der Waals surface area (Å²) < 4.78 is 5.16. The molecule has 0 amide bonds. The molecular formula is C12H15NO2S. The molecule has 1 fully saturated rings. The first kappa shape index (κ1) is 11.5. The molecule has 0 N–H and O–H groups in total. The van der Waals surface area contributed by atoms with Crippen LogP contribution >= 0.6 is 11.8 Å². The Bertz CT molecular complexity index is 375. The maximum Gasteiger partial charge on any atom is 0.197 e. The van der Waals surface area contributed by atoms with E-state index < -0.39 is 0 Å². The third kappa shape index (κ3) is 2.38. The first-order chi connectivity index (χ1) is 7.83. The van der Waals surface area contributed by atoms with Crippen molar-refractivity contribution >= 4 is 17.5 Å². The highest BCUT2D eigenvalue weighted by Gasteiger charge is 2.26. The van der Waals surface area contributed by atoms with Crippen molar-refractivity contribution in [2.45, 2.75) is 24.5 Å². The van der Waals surface area contributed by atoms with Crippen molar-refractivity contribution in [2.24, 2.45) is 0 Å². The van der Waals surface area contributed by atoms with Crippen LogP contribution in [0.3, 0.4) is 0 Å². The van der Waals surface area contributed by atoms with E-state index in [0.717, 1.165) is 18.6 Å². The lowest BCUT2D eigenvalue weighted by Gasteiger charge is -2.20. The maximum absolute atomic E-state index is 12.2. The van der Waals surface area contributed by atoms with Gasteiger partial charge in [0, 0.05) is 6.20 Å². The molecule has 0 aromatic carbocycles. The zero-order chi connectivity index (χ0) is 11.4. The second-order valence-electron chi connectivity index (χ2n) is 3.77. The number of hydrogen-bond acceptors (Lipinski definition) is 4. The number of carbonyl (C=O) groups is 1. The van der Waals surface area contributed by atoms with Crippen molar-refractivity contribution in [2.75, 3.05) is 12.9 Å². The van der Waals surface area contributed by atoms with E-state index in [0.29, 0.717) is 11.4 Å². The zero-order valence-corrected chi connectivity index (χ0v) is 10.1. The summed E-state index contributed by atoms with van der Waals surface area (Å²) in [6.45, 7) is 0. The predicted octanol–water partition coefficient (Wildman–Crippen LogP) is 2.56. The molecule has 1 aromatic rings. The van der Waals surface area contributed by atoms with Gasteiger partial charge in [-0.15, -0.1) is 0 Å². The molecule has 0 radical (unpaired) electrons. The standard InChI is InChI=1S/C12H15NO2S/c1-15-9-5-4-7-13-11(9)12(14)10-6-2-3-8-16-10/h4-5,7,10H,2-3,6,8H2,1H3. The quantitative estimate of drug-likeness (QED) is 0.757. The lowest BCUT2D eigenvalue weighted by molar-refractivity contribution is 0.0977. The van der Waals surface area contributed by atoms with Gasteiger partial charge in [0.15, 0.2) is 5.78 Å². The summed E-state index contributed by atoms with van der Waals surface area (Å²) in [5.41, 5.74) is 0.476. The molecule has 1 unspecified atom stereocenters. The molecule has 4 heteroatoms. The van der Waals surface area contributed by atoms with Crippen LogP contribution in [0.5, 0.6) is 5.75 Å². The summed E-state index contributed by atoms with van der Waals surface area (Å²) >= 11 is 1.74. The fraction of sp³-hybridized carbons (Fsp3) is 0.500. The van der Waals surface area contributed by atoms with Crippen molar-refractivity contribution in [3.63, 3.8) is 0 Å². The van der Waals surface area contributed by atoms with Gasteiger partial charge in [-0.2, -0.15) is 11.8 Å². The first-order valence-electron chi connectivity index (χ1n) is 5.47. The van der Waals surface area contributed by atoms with Gasteiger partial charge in [0.2, 0.25) is 0 Å². The Morgan fingerprint density at radius 2 is 2.44 bits per heavy atom. The Hall–Kier alpha value is -1.03. The van der Waals surface area contributed by atoms with E-state index in [1.54, 1.807) is 37.2 Å². The molecule has 1 aromatic heterocycles. The van der Waals surface area contributed by atoms with Gasteiger partial charge in [0.25, 0.3) is 0 Å². The lowest BCUT2D eigenvalue weighted by Crippen LogP contribution is -2.22. The second-order valence-corrected chi connectivity index (χ2v) is 5.08. The highest BCUT2D eigenvalue weighted by molar-refractivity contribution is 8.00. The fourth-order valence-corrected chi connectivity index (χ4v) is 3.09. The largest absolute Gasteiger partial charge is 0.494 e. The van der Waals surface area contributed by atoms with E-state index in [9.17, 15) is 4.79 Å². The van der Waals surface area contributed by atoms with Gasteiger partial charge in [-0.05, 0) is 30.7 Å². The number of Topliss-reactive ketones (excluding diaryl/α,β-unsaturated/α-hetero) is 1. The molecule has 1 atom stereocenters. The van der Waals surface area contributed by atoms with Gasteiger partial charge >= 0.3 is 0 Å². The number of ketones is 1.